The lowest BCUT2D eigenvalue weighted by Crippen LogP contribution is -2.50. The molecule has 110 valence electrons. The van der Waals surface area contributed by atoms with Gasteiger partial charge in [0.2, 0.25) is 0 Å². The quantitative estimate of drug-likeness (QED) is 0.912. The first-order valence-corrected chi connectivity index (χ1v) is 7.46. The third-order valence-corrected chi connectivity index (χ3v) is 4.38. The van der Waals surface area contributed by atoms with Crippen molar-refractivity contribution < 1.29 is 14.6 Å². The second-order valence-corrected chi connectivity index (χ2v) is 5.81. The normalized spacial score (nSPS) is 30.6. The van der Waals surface area contributed by atoms with Crippen molar-refractivity contribution in [3.8, 4) is 5.75 Å². The SMILES string of the molecule is CC1COC(CO)CN1CC1CCOc2ccccc21. The van der Waals surface area contributed by atoms with Crippen LogP contribution in [0.3, 0.4) is 0 Å². The topological polar surface area (TPSA) is 41.9 Å². The number of hydrogen-bond acceptors (Lipinski definition) is 4. The van der Waals surface area contributed by atoms with E-state index >= 15 is 0 Å². The van der Waals surface area contributed by atoms with Crippen LogP contribution in [0.2, 0.25) is 0 Å². The van der Waals surface area contributed by atoms with E-state index in [1.807, 2.05) is 6.07 Å². The third-order valence-electron chi connectivity index (χ3n) is 4.38. The molecule has 2 aliphatic rings. The first-order chi connectivity index (χ1) is 9.78. The number of fused-ring (bicyclic) bond motifs is 1. The Labute approximate surface area is 120 Å². The fourth-order valence-electron chi connectivity index (χ4n) is 3.13. The van der Waals surface area contributed by atoms with Gasteiger partial charge in [-0.15, -0.1) is 0 Å². The zero-order chi connectivity index (χ0) is 13.9. The number of benzene rings is 1. The Morgan fingerprint density at radius 3 is 3.05 bits per heavy atom. The highest BCUT2D eigenvalue weighted by Gasteiger charge is 2.30. The number of hydrogen-bond donors (Lipinski definition) is 1. The van der Waals surface area contributed by atoms with E-state index in [0.717, 1.165) is 31.9 Å². The lowest BCUT2D eigenvalue weighted by atomic mass is 9.92. The Hall–Kier alpha value is -1.10. The Morgan fingerprint density at radius 1 is 1.35 bits per heavy atom. The highest BCUT2D eigenvalue weighted by Crippen LogP contribution is 2.34. The van der Waals surface area contributed by atoms with Gasteiger partial charge in [-0.1, -0.05) is 18.2 Å². The van der Waals surface area contributed by atoms with E-state index in [4.69, 9.17) is 9.47 Å². The molecule has 1 aromatic carbocycles. The van der Waals surface area contributed by atoms with Crippen LogP contribution in [0.15, 0.2) is 24.3 Å². The van der Waals surface area contributed by atoms with Crippen LogP contribution in [0.4, 0.5) is 0 Å². The molecule has 0 aromatic heterocycles. The summed E-state index contributed by atoms with van der Waals surface area (Å²) in [7, 11) is 0. The zero-order valence-corrected chi connectivity index (χ0v) is 12.0. The molecule has 0 radical (unpaired) electrons. The fourth-order valence-corrected chi connectivity index (χ4v) is 3.13. The van der Waals surface area contributed by atoms with Crippen molar-refractivity contribution in [1.82, 2.24) is 4.90 Å². The molecule has 2 aliphatic heterocycles. The van der Waals surface area contributed by atoms with E-state index in [9.17, 15) is 5.11 Å². The van der Waals surface area contributed by atoms with Crippen LogP contribution in [-0.4, -0.2) is 55.1 Å². The molecule has 1 aromatic rings. The van der Waals surface area contributed by atoms with Crippen LogP contribution in [0, 0.1) is 0 Å². The first-order valence-electron chi connectivity index (χ1n) is 7.46. The molecule has 0 amide bonds. The second kappa shape index (κ2) is 6.12. The standard InChI is InChI=1S/C16H23NO3/c1-12-11-20-14(10-18)9-17(12)8-13-6-7-19-16-5-3-2-4-15(13)16/h2-5,12-14,18H,6-11H2,1H3. The van der Waals surface area contributed by atoms with Crippen LogP contribution >= 0.6 is 0 Å². The number of rotatable bonds is 3. The van der Waals surface area contributed by atoms with E-state index in [2.05, 4.69) is 30.0 Å². The summed E-state index contributed by atoms with van der Waals surface area (Å²) < 4.78 is 11.3. The van der Waals surface area contributed by atoms with Gasteiger partial charge in [-0.25, -0.2) is 0 Å². The summed E-state index contributed by atoms with van der Waals surface area (Å²) in [5.74, 6) is 1.54. The van der Waals surface area contributed by atoms with Crippen LogP contribution in [0.25, 0.3) is 0 Å². The molecule has 0 bridgehead atoms. The molecular weight excluding hydrogens is 254 g/mol. The van der Waals surface area contributed by atoms with Crippen molar-refractivity contribution in [2.45, 2.75) is 31.4 Å². The van der Waals surface area contributed by atoms with Crippen LogP contribution in [0.1, 0.15) is 24.8 Å². The molecule has 3 unspecified atom stereocenters. The Bertz CT molecular complexity index is 451. The average molecular weight is 277 g/mol. The third kappa shape index (κ3) is 2.82. The van der Waals surface area contributed by atoms with Gasteiger partial charge < -0.3 is 14.6 Å². The van der Waals surface area contributed by atoms with Gasteiger partial charge in [0.15, 0.2) is 0 Å². The van der Waals surface area contributed by atoms with Gasteiger partial charge >= 0.3 is 0 Å². The number of para-hydroxylation sites is 1. The lowest BCUT2D eigenvalue weighted by Gasteiger charge is -2.40. The van der Waals surface area contributed by atoms with E-state index in [1.54, 1.807) is 0 Å². The van der Waals surface area contributed by atoms with Crippen molar-refractivity contribution in [3.05, 3.63) is 29.8 Å². The molecule has 1 fully saturated rings. The maximum absolute atomic E-state index is 9.29. The predicted molar refractivity (Wildman–Crippen MR) is 77.2 cm³/mol. The van der Waals surface area contributed by atoms with Crippen molar-refractivity contribution in [2.24, 2.45) is 0 Å². The molecule has 1 N–H and O–H groups in total. The molecule has 1 saturated heterocycles. The number of nitrogens with zero attached hydrogens (tertiary/aromatic N) is 1. The van der Waals surface area contributed by atoms with Gasteiger partial charge in [0, 0.05) is 25.0 Å². The van der Waals surface area contributed by atoms with Gasteiger partial charge in [-0.2, -0.15) is 0 Å². The molecule has 0 aliphatic carbocycles. The summed E-state index contributed by atoms with van der Waals surface area (Å²) in [6.45, 7) is 5.63. The summed E-state index contributed by atoms with van der Waals surface area (Å²) in [5.41, 5.74) is 1.32. The van der Waals surface area contributed by atoms with Crippen LogP contribution in [0.5, 0.6) is 5.75 Å². The monoisotopic (exact) mass is 277 g/mol. The molecular formula is C16H23NO3. The summed E-state index contributed by atoms with van der Waals surface area (Å²) in [6, 6.07) is 8.75. The molecule has 4 heteroatoms. The highest BCUT2D eigenvalue weighted by molar-refractivity contribution is 5.38. The largest absolute Gasteiger partial charge is 0.493 e. The summed E-state index contributed by atoms with van der Waals surface area (Å²) in [6.07, 6.45) is 1.02. The highest BCUT2D eigenvalue weighted by atomic mass is 16.5. The maximum Gasteiger partial charge on any atom is 0.122 e. The van der Waals surface area contributed by atoms with Crippen LogP contribution in [-0.2, 0) is 4.74 Å². The minimum atomic E-state index is -0.0405. The van der Waals surface area contributed by atoms with Crippen LogP contribution < -0.4 is 4.74 Å². The van der Waals surface area contributed by atoms with Crippen molar-refractivity contribution >= 4 is 0 Å². The van der Waals surface area contributed by atoms with Crippen molar-refractivity contribution in [2.75, 3.05) is 32.9 Å². The van der Waals surface area contributed by atoms with Crippen molar-refractivity contribution in [1.29, 1.82) is 0 Å². The van der Waals surface area contributed by atoms with E-state index in [1.165, 1.54) is 5.56 Å². The average Bonchev–Trinajstić information content (AvgIpc) is 2.50. The molecule has 20 heavy (non-hydrogen) atoms. The molecule has 2 heterocycles. The van der Waals surface area contributed by atoms with E-state index < -0.39 is 0 Å². The number of ether oxygens (including phenoxy) is 2. The number of morpholine rings is 1. The van der Waals surface area contributed by atoms with Gasteiger partial charge in [-0.05, 0) is 25.0 Å². The van der Waals surface area contributed by atoms with Gasteiger partial charge in [-0.3, -0.25) is 4.90 Å². The lowest BCUT2D eigenvalue weighted by molar-refractivity contribution is -0.0798. The predicted octanol–water partition coefficient (Wildman–Crippen LogP) is 1.63. The second-order valence-electron chi connectivity index (χ2n) is 5.81. The summed E-state index contributed by atoms with van der Waals surface area (Å²) >= 11 is 0. The van der Waals surface area contributed by atoms with Gasteiger partial charge in [0.05, 0.1) is 25.9 Å². The zero-order valence-electron chi connectivity index (χ0n) is 12.0. The van der Waals surface area contributed by atoms with Crippen molar-refractivity contribution in [3.63, 3.8) is 0 Å². The Kier molecular flexibility index (Phi) is 4.24. The van der Waals surface area contributed by atoms with E-state index in [0.29, 0.717) is 18.6 Å². The van der Waals surface area contributed by atoms with Gasteiger partial charge in [0.25, 0.3) is 0 Å². The first kappa shape index (κ1) is 13.9. The smallest absolute Gasteiger partial charge is 0.122 e. The maximum atomic E-state index is 9.29. The summed E-state index contributed by atoms with van der Waals surface area (Å²) in [5, 5.41) is 9.29. The Morgan fingerprint density at radius 2 is 2.20 bits per heavy atom. The van der Waals surface area contributed by atoms with E-state index in [-0.39, 0.29) is 12.7 Å². The molecule has 4 nitrogen and oxygen atoms in total. The minimum absolute atomic E-state index is 0.0405. The number of aliphatic hydroxyl groups excluding tert-OH is 1. The fraction of sp³-hybridized carbons (Fsp3) is 0.625. The van der Waals surface area contributed by atoms with Gasteiger partial charge in [0.1, 0.15) is 5.75 Å². The molecule has 3 atom stereocenters. The Balaban J connectivity index is 1.71. The summed E-state index contributed by atoms with van der Waals surface area (Å²) in [4.78, 5) is 2.44. The minimum Gasteiger partial charge on any atom is -0.493 e. The molecule has 3 rings (SSSR count). The molecule has 0 saturated carbocycles. The number of aliphatic hydroxyl groups is 1. The molecule has 0 spiro atoms.